The van der Waals surface area contributed by atoms with E-state index in [0.29, 0.717) is 5.92 Å². The van der Waals surface area contributed by atoms with E-state index in [1.807, 2.05) is 11.7 Å². The van der Waals surface area contributed by atoms with Gasteiger partial charge in [-0.1, -0.05) is 6.92 Å². The fourth-order valence-corrected chi connectivity index (χ4v) is 1.72. The minimum atomic E-state index is 0.665. The largest absolute Gasteiger partial charge is 0.330 e. The van der Waals surface area contributed by atoms with E-state index in [9.17, 15) is 0 Å². The quantitative estimate of drug-likeness (QED) is 0.724. The van der Waals surface area contributed by atoms with Crippen LogP contribution >= 0.6 is 11.3 Å². The highest BCUT2D eigenvalue weighted by Gasteiger charge is 2.00. The maximum absolute atomic E-state index is 5.46. The van der Waals surface area contributed by atoms with Crippen molar-refractivity contribution in [1.29, 1.82) is 0 Å². The average molecular weight is 199 g/mol. The van der Waals surface area contributed by atoms with E-state index < -0.39 is 0 Å². The van der Waals surface area contributed by atoms with Crippen LogP contribution in [-0.2, 0) is 6.54 Å². The molecule has 0 aromatic carbocycles. The number of hydrogen-bond donors (Lipinski definition) is 2. The smallest absolute Gasteiger partial charge is 0.0794 e. The summed E-state index contributed by atoms with van der Waals surface area (Å²) < 4.78 is 0. The van der Waals surface area contributed by atoms with Crippen LogP contribution in [0.5, 0.6) is 0 Å². The molecular weight excluding hydrogens is 182 g/mol. The van der Waals surface area contributed by atoms with Crippen molar-refractivity contribution in [2.75, 3.05) is 13.1 Å². The molecule has 1 rings (SSSR count). The number of thiazole rings is 1. The van der Waals surface area contributed by atoms with Gasteiger partial charge in [0, 0.05) is 17.6 Å². The third-order valence-electron chi connectivity index (χ3n) is 1.93. The van der Waals surface area contributed by atoms with E-state index in [-0.39, 0.29) is 0 Å². The van der Waals surface area contributed by atoms with Crippen molar-refractivity contribution >= 4 is 11.3 Å². The highest BCUT2D eigenvalue weighted by Crippen LogP contribution is 2.05. The molecule has 0 spiro atoms. The number of aromatic nitrogens is 1. The van der Waals surface area contributed by atoms with Crippen molar-refractivity contribution in [2.45, 2.75) is 19.9 Å². The summed E-state index contributed by atoms with van der Waals surface area (Å²) in [5.74, 6) is 0.665. The van der Waals surface area contributed by atoms with Gasteiger partial charge in [-0.15, -0.1) is 11.3 Å². The molecule has 0 bridgehead atoms. The zero-order valence-corrected chi connectivity index (χ0v) is 8.81. The van der Waals surface area contributed by atoms with Gasteiger partial charge in [0.2, 0.25) is 0 Å². The molecule has 1 unspecified atom stereocenters. The Hall–Kier alpha value is -0.450. The van der Waals surface area contributed by atoms with Gasteiger partial charge in [0.1, 0.15) is 0 Å². The molecule has 74 valence electrons. The number of nitrogens with zero attached hydrogens (tertiary/aromatic N) is 1. The average Bonchev–Trinajstić information content (AvgIpc) is 2.57. The van der Waals surface area contributed by atoms with E-state index in [1.165, 1.54) is 4.88 Å². The van der Waals surface area contributed by atoms with E-state index in [2.05, 4.69) is 17.2 Å². The Kier molecular flexibility index (Phi) is 4.97. The van der Waals surface area contributed by atoms with Crippen molar-refractivity contribution < 1.29 is 0 Å². The van der Waals surface area contributed by atoms with Crippen LogP contribution in [0.3, 0.4) is 0 Å². The molecule has 1 heterocycles. The summed E-state index contributed by atoms with van der Waals surface area (Å²) in [6.07, 6.45) is 3.00. The van der Waals surface area contributed by atoms with Crippen molar-refractivity contribution in [1.82, 2.24) is 10.3 Å². The lowest BCUT2D eigenvalue weighted by molar-refractivity contribution is 0.488. The zero-order valence-electron chi connectivity index (χ0n) is 7.99. The summed E-state index contributed by atoms with van der Waals surface area (Å²) in [5, 5.41) is 3.39. The number of nitrogens with one attached hydrogen (secondary N) is 1. The fourth-order valence-electron chi connectivity index (χ4n) is 1.16. The summed E-state index contributed by atoms with van der Waals surface area (Å²) in [7, 11) is 0. The Morgan fingerprint density at radius 1 is 1.69 bits per heavy atom. The molecule has 0 aliphatic carbocycles. The second-order valence-corrected chi connectivity index (χ2v) is 4.25. The molecule has 0 fully saturated rings. The molecule has 1 aromatic rings. The van der Waals surface area contributed by atoms with Gasteiger partial charge in [-0.05, 0) is 25.4 Å². The Labute approximate surface area is 83.4 Å². The van der Waals surface area contributed by atoms with E-state index in [1.54, 1.807) is 11.3 Å². The third kappa shape index (κ3) is 4.36. The van der Waals surface area contributed by atoms with Crippen LogP contribution in [0.2, 0.25) is 0 Å². The van der Waals surface area contributed by atoms with E-state index >= 15 is 0 Å². The van der Waals surface area contributed by atoms with Gasteiger partial charge in [0.15, 0.2) is 0 Å². The van der Waals surface area contributed by atoms with Gasteiger partial charge in [-0.25, -0.2) is 0 Å². The number of nitrogens with two attached hydrogens (primary N) is 1. The predicted octanol–water partition coefficient (Wildman–Crippen LogP) is 1.22. The minimum Gasteiger partial charge on any atom is -0.330 e. The zero-order chi connectivity index (χ0) is 9.52. The van der Waals surface area contributed by atoms with Crippen LogP contribution in [0.15, 0.2) is 11.7 Å². The topological polar surface area (TPSA) is 50.9 Å². The first kappa shape index (κ1) is 10.6. The van der Waals surface area contributed by atoms with Gasteiger partial charge in [-0.2, -0.15) is 0 Å². The SMILES string of the molecule is CC(CCN)CNCc1cncs1. The van der Waals surface area contributed by atoms with Crippen LogP contribution < -0.4 is 11.1 Å². The second kappa shape index (κ2) is 6.07. The van der Waals surface area contributed by atoms with Crippen molar-refractivity contribution in [2.24, 2.45) is 11.7 Å². The van der Waals surface area contributed by atoms with Crippen LogP contribution in [-0.4, -0.2) is 18.1 Å². The number of rotatable bonds is 6. The second-order valence-electron chi connectivity index (χ2n) is 3.28. The molecule has 3 nitrogen and oxygen atoms in total. The normalized spacial score (nSPS) is 13.1. The van der Waals surface area contributed by atoms with Gasteiger partial charge in [-0.3, -0.25) is 4.98 Å². The molecular formula is C9H17N3S. The van der Waals surface area contributed by atoms with Crippen LogP contribution in [0, 0.1) is 5.92 Å². The predicted molar refractivity (Wildman–Crippen MR) is 56.7 cm³/mol. The third-order valence-corrected chi connectivity index (χ3v) is 2.71. The van der Waals surface area contributed by atoms with Crippen molar-refractivity contribution in [3.05, 3.63) is 16.6 Å². The van der Waals surface area contributed by atoms with Crippen molar-refractivity contribution in [3.8, 4) is 0 Å². The summed E-state index contributed by atoms with van der Waals surface area (Å²) in [4.78, 5) is 5.31. The molecule has 1 atom stereocenters. The molecule has 3 N–H and O–H groups in total. The molecule has 0 saturated heterocycles. The standard InChI is InChI=1S/C9H17N3S/c1-8(2-3-10)4-11-5-9-6-12-7-13-9/h6-8,11H,2-5,10H2,1H3. The Balaban J connectivity index is 2.07. The fraction of sp³-hybridized carbons (Fsp3) is 0.667. The maximum atomic E-state index is 5.46. The Bertz CT molecular complexity index is 211. The molecule has 0 aliphatic rings. The maximum Gasteiger partial charge on any atom is 0.0794 e. The van der Waals surface area contributed by atoms with Crippen LogP contribution in [0.25, 0.3) is 0 Å². The van der Waals surface area contributed by atoms with Gasteiger partial charge < -0.3 is 11.1 Å². The van der Waals surface area contributed by atoms with E-state index in [4.69, 9.17) is 5.73 Å². The monoisotopic (exact) mass is 199 g/mol. The number of hydrogen-bond acceptors (Lipinski definition) is 4. The molecule has 4 heteroatoms. The van der Waals surface area contributed by atoms with Gasteiger partial charge in [0.05, 0.1) is 5.51 Å². The lowest BCUT2D eigenvalue weighted by Gasteiger charge is -2.09. The summed E-state index contributed by atoms with van der Waals surface area (Å²) in [5.41, 5.74) is 7.32. The van der Waals surface area contributed by atoms with Gasteiger partial charge >= 0.3 is 0 Å². The lowest BCUT2D eigenvalue weighted by atomic mass is 10.1. The minimum absolute atomic E-state index is 0.665. The molecule has 0 aliphatic heterocycles. The molecule has 1 aromatic heterocycles. The first-order valence-corrected chi connectivity index (χ1v) is 5.49. The highest BCUT2D eigenvalue weighted by atomic mass is 32.1. The molecule has 0 amide bonds. The van der Waals surface area contributed by atoms with Crippen LogP contribution in [0.4, 0.5) is 0 Å². The van der Waals surface area contributed by atoms with Crippen molar-refractivity contribution in [3.63, 3.8) is 0 Å². The van der Waals surface area contributed by atoms with E-state index in [0.717, 1.165) is 26.1 Å². The summed E-state index contributed by atoms with van der Waals surface area (Å²) in [6.45, 7) is 4.96. The first-order valence-electron chi connectivity index (χ1n) is 4.61. The Morgan fingerprint density at radius 3 is 3.15 bits per heavy atom. The highest BCUT2D eigenvalue weighted by molar-refractivity contribution is 7.09. The molecule has 13 heavy (non-hydrogen) atoms. The first-order chi connectivity index (χ1) is 6.33. The Morgan fingerprint density at radius 2 is 2.54 bits per heavy atom. The summed E-state index contributed by atoms with van der Waals surface area (Å²) >= 11 is 1.69. The van der Waals surface area contributed by atoms with Crippen LogP contribution in [0.1, 0.15) is 18.2 Å². The summed E-state index contributed by atoms with van der Waals surface area (Å²) in [6, 6.07) is 0. The van der Waals surface area contributed by atoms with Gasteiger partial charge in [0.25, 0.3) is 0 Å². The lowest BCUT2D eigenvalue weighted by Crippen LogP contribution is -2.22. The molecule has 0 radical (unpaired) electrons. The molecule has 0 saturated carbocycles.